The van der Waals surface area contributed by atoms with Crippen molar-refractivity contribution in [1.29, 1.82) is 0 Å². The van der Waals surface area contributed by atoms with Crippen LogP contribution in [-0.4, -0.2) is 23.7 Å². The highest BCUT2D eigenvalue weighted by Crippen LogP contribution is 2.19. The molecule has 4 nitrogen and oxygen atoms in total. The maximum Gasteiger partial charge on any atom is 0.225 e. The average molecular weight is 340 g/mol. The van der Waals surface area contributed by atoms with E-state index in [0.717, 1.165) is 16.8 Å². The van der Waals surface area contributed by atoms with Crippen LogP contribution in [0.3, 0.4) is 0 Å². The number of aryl methyl sites for hydroxylation is 2. The van der Waals surface area contributed by atoms with E-state index in [1.807, 2.05) is 63.2 Å². The maximum absolute atomic E-state index is 12.3. The molecule has 0 aromatic heterocycles. The molecule has 4 heteroatoms. The van der Waals surface area contributed by atoms with Gasteiger partial charge in [0.05, 0.1) is 0 Å². The van der Waals surface area contributed by atoms with E-state index < -0.39 is 0 Å². The molecule has 2 atom stereocenters. The average Bonchev–Trinajstić information content (AvgIpc) is 2.58. The highest BCUT2D eigenvalue weighted by Gasteiger charge is 2.16. The summed E-state index contributed by atoms with van der Waals surface area (Å²) in [5.41, 5.74) is 4.23. The number of amides is 1. The lowest BCUT2D eigenvalue weighted by Crippen LogP contribution is -2.34. The lowest BCUT2D eigenvalue weighted by atomic mass is 10.0. The first-order valence-corrected chi connectivity index (χ1v) is 8.78. The molecule has 134 valence electrons. The van der Waals surface area contributed by atoms with Gasteiger partial charge in [-0.1, -0.05) is 48.0 Å². The first kappa shape index (κ1) is 19.2. The fraction of sp³-hybridized carbons (Fsp3) is 0.381. The van der Waals surface area contributed by atoms with Gasteiger partial charge in [-0.2, -0.15) is 0 Å². The Bertz CT molecular complexity index is 686. The number of aliphatic hydroxyl groups is 1. The highest BCUT2D eigenvalue weighted by atomic mass is 16.3. The molecule has 0 saturated carbocycles. The number of hydrogen-bond donors (Lipinski definition) is 3. The van der Waals surface area contributed by atoms with Gasteiger partial charge in [-0.05, 0) is 44.4 Å². The number of anilines is 1. The second-order valence-electron chi connectivity index (χ2n) is 6.61. The second kappa shape index (κ2) is 9.35. The predicted octanol–water partition coefficient (Wildman–Crippen LogP) is 3.73. The SMILES string of the molecule is Cc1ccc(NC(=O)C[C@H](C)N[C@H](CCO)c2ccccc2)c(C)c1. The molecule has 2 aromatic rings. The molecule has 25 heavy (non-hydrogen) atoms. The van der Waals surface area contributed by atoms with Crippen molar-refractivity contribution in [1.82, 2.24) is 5.32 Å². The Labute approximate surface area is 150 Å². The van der Waals surface area contributed by atoms with Gasteiger partial charge in [0.2, 0.25) is 5.91 Å². The molecule has 3 N–H and O–H groups in total. The van der Waals surface area contributed by atoms with E-state index in [1.165, 1.54) is 5.56 Å². The van der Waals surface area contributed by atoms with E-state index in [0.29, 0.717) is 12.8 Å². The smallest absolute Gasteiger partial charge is 0.225 e. The van der Waals surface area contributed by atoms with E-state index in [2.05, 4.69) is 16.7 Å². The van der Waals surface area contributed by atoms with Gasteiger partial charge in [0.15, 0.2) is 0 Å². The number of hydrogen-bond acceptors (Lipinski definition) is 3. The molecule has 0 heterocycles. The molecule has 0 spiro atoms. The van der Waals surface area contributed by atoms with Crippen LogP contribution in [0.15, 0.2) is 48.5 Å². The Morgan fingerprint density at radius 2 is 1.84 bits per heavy atom. The first-order valence-electron chi connectivity index (χ1n) is 8.78. The number of carbonyl (C=O) groups is 1. The standard InChI is InChI=1S/C21H28N2O2/c1-15-9-10-19(16(2)13-15)23-21(25)14-17(3)22-20(11-12-24)18-7-5-4-6-8-18/h4-10,13,17,20,22,24H,11-12,14H2,1-3H3,(H,23,25)/t17-,20+/m0/s1. The first-order chi connectivity index (χ1) is 12.0. The quantitative estimate of drug-likeness (QED) is 0.686. The van der Waals surface area contributed by atoms with E-state index in [-0.39, 0.29) is 24.6 Å². The van der Waals surface area contributed by atoms with Crippen LogP contribution in [0.1, 0.15) is 42.5 Å². The third kappa shape index (κ3) is 6.00. The molecule has 0 unspecified atom stereocenters. The lowest BCUT2D eigenvalue weighted by molar-refractivity contribution is -0.116. The summed E-state index contributed by atoms with van der Waals surface area (Å²) in [6, 6.07) is 16.1. The molecule has 0 saturated heterocycles. The van der Waals surface area contributed by atoms with Crippen molar-refractivity contribution < 1.29 is 9.90 Å². The summed E-state index contributed by atoms with van der Waals surface area (Å²) in [6.07, 6.45) is 0.995. The molecule has 0 aliphatic carbocycles. The molecule has 2 rings (SSSR count). The Morgan fingerprint density at radius 1 is 1.12 bits per heavy atom. The van der Waals surface area contributed by atoms with Gasteiger partial charge in [0.25, 0.3) is 0 Å². The summed E-state index contributed by atoms with van der Waals surface area (Å²) >= 11 is 0. The third-order valence-electron chi connectivity index (χ3n) is 4.25. The Hall–Kier alpha value is -2.17. The Morgan fingerprint density at radius 3 is 2.48 bits per heavy atom. The summed E-state index contributed by atoms with van der Waals surface area (Å²) in [5, 5.41) is 15.8. The van der Waals surface area contributed by atoms with E-state index in [1.54, 1.807) is 0 Å². The van der Waals surface area contributed by atoms with Crippen molar-refractivity contribution in [2.45, 2.75) is 45.7 Å². The molecule has 0 aliphatic heterocycles. The van der Waals surface area contributed by atoms with Crippen LogP contribution >= 0.6 is 0 Å². The van der Waals surface area contributed by atoms with Crippen LogP contribution < -0.4 is 10.6 Å². The van der Waals surface area contributed by atoms with Crippen molar-refractivity contribution in [3.63, 3.8) is 0 Å². The van der Waals surface area contributed by atoms with Gasteiger partial charge in [-0.25, -0.2) is 0 Å². The fourth-order valence-electron chi connectivity index (χ4n) is 3.00. The van der Waals surface area contributed by atoms with Crippen molar-refractivity contribution >= 4 is 11.6 Å². The maximum atomic E-state index is 12.3. The van der Waals surface area contributed by atoms with Crippen molar-refractivity contribution in [3.8, 4) is 0 Å². The van der Waals surface area contributed by atoms with E-state index in [4.69, 9.17) is 0 Å². The van der Waals surface area contributed by atoms with Gasteiger partial charge < -0.3 is 15.7 Å². The number of benzene rings is 2. The van der Waals surface area contributed by atoms with Crippen LogP contribution in [0.4, 0.5) is 5.69 Å². The van der Waals surface area contributed by atoms with Crippen LogP contribution in [0, 0.1) is 13.8 Å². The number of nitrogens with one attached hydrogen (secondary N) is 2. The number of aliphatic hydroxyl groups excluding tert-OH is 1. The molecular weight excluding hydrogens is 312 g/mol. The van der Waals surface area contributed by atoms with Gasteiger partial charge in [0, 0.05) is 30.8 Å². The summed E-state index contributed by atoms with van der Waals surface area (Å²) in [4.78, 5) is 12.3. The molecular formula is C21H28N2O2. The van der Waals surface area contributed by atoms with Crippen LogP contribution in [-0.2, 0) is 4.79 Å². The molecule has 0 aliphatic rings. The van der Waals surface area contributed by atoms with Gasteiger partial charge in [0.1, 0.15) is 0 Å². The zero-order valence-electron chi connectivity index (χ0n) is 15.3. The second-order valence-corrected chi connectivity index (χ2v) is 6.61. The Balaban J connectivity index is 1.93. The monoisotopic (exact) mass is 340 g/mol. The summed E-state index contributed by atoms with van der Waals surface area (Å²) in [5.74, 6) is -0.0113. The van der Waals surface area contributed by atoms with Crippen molar-refractivity contribution in [2.24, 2.45) is 0 Å². The zero-order valence-corrected chi connectivity index (χ0v) is 15.3. The van der Waals surface area contributed by atoms with Crippen LogP contribution in [0.2, 0.25) is 0 Å². The number of carbonyl (C=O) groups excluding carboxylic acids is 1. The molecule has 0 radical (unpaired) electrons. The predicted molar refractivity (Wildman–Crippen MR) is 103 cm³/mol. The van der Waals surface area contributed by atoms with E-state index >= 15 is 0 Å². The van der Waals surface area contributed by atoms with Gasteiger partial charge in [-0.15, -0.1) is 0 Å². The minimum atomic E-state index is -0.0113. The van der Waals surface area contributed by atoms with Gasteiger partial charge in [-0.3, -0.25) is 4.79 Å². The van der Waals surface area contributed by atoms with Crippen LogP contribution in [0.5, 0.6) is 0 Å². The molecule has 1 amide bonds. The third-order valence-corrected chi connectivity index (χ3v) is 4.25. The topological polar surface area (TPSA) is 61.4 Å². The van der Waals surface area contributed by atoms with Crippen molar-refractivity contribution in [3.05, 3.63) is 65.2 Å². The Kier molecular flexibility index (Phi) is 7.16. The minimum Gasteiger partial charge on any atom is -0.396 e. The van der Waals surface area contributed by atoms with Crippen molar-refractivity contribution in [2.75, 3.05) is 11.9 Å². The van der Waals surface area contributed by atoms with Crippen LogP contribution in [0.25, 0.3) is 0 Å². The molecule has 0 bridgehead atoms. The normalized spacial score (nSPS) is 13.3. The largest absolute Gasteiger partial charge is 0.396 e. The summed E-state index contributed by atoms with van der Waals surface area (Å²) in [7, 11) is 0. The fourth-order valence-corrected chi connectivity index (χ4v) is 3.00. The molecule has 0 fully saturated rings. The highest BCUT2D eigenvalue weighted by molar-refractivity contribution is 5.91. The zero-order chi connectivity index (χ0) is 18.2. The van der Waals surface area contributed by atoms with Gasteiger partial charge >= 0.3 is 0 Å². The number of rotatable bonds is 8. The molecule has 2 aromatic carbocycles. The summed E-state index contributed by atoms with van der Waals surface area (Å²) < 4.78 is 0. The summed E-state index contributed by atoms with van der Waals surface area (Å²) in [6.45, 7) is 6.13. The minimum absolute atomic E-state index is 0.00232. The lowest BCUT2D eigenvalue weighted by Gasteiger charge is -2.23. The van der Waals surface area contributed by atoms with E-state index in [9.17, 15) is 9.90 Å².